The van der Waals surface area contributed by atoms with Gasteiger partial charge in [-0.3, -0.25) is 0 Å². The van der Waals surface area contributed by atoms with Crippen molar-refractivity contribution >= 4 is 53.8 Å². The predicted octanol–water partition coefficient (Wildman–Crippen LogP) is 5.00. The van der Waals surface area contributed by atoms with Gasteiger partial charge in [-0.25, -0.2) is 23.4 Å². The molecule has 0 spiro atoms. The Labute approximate surface area is 178 Å². The van der Waals surface area contributed by atoms with E-state index in [0.29, 0.717) is 21.9 Å². The van der Waals surface area contributed by atoms with Crippen LogP contribution in [0.2, 0.25) is 0 Å². The second-order valence-corrected chi connectivity index (χ2v) is 9.48. The van der Waals surface area contributed by atoms with E-state index in [2.05, 4.69) is 25.6 Å². The van der Waals surface area contributed by atoms with Crippen LogP contribution in [0.4, 0.5) is 35.5 Å². The molecule has 0 aliphatic rings. The van der Waals surface area contributed by atoms with Crippen LogP contribution in [0.25, 0.3) is 10.3 Å². The molecule has 0 radical (unpaired) electrons. The van der Waals surface area contributed by atoms with Crippen LogP contribution in [-0.4, -0.2) is 29.6 Å². The van der Waals surface area contributed by atoms with Gasteiger partial charge < -0.3 is 10.6 Å². The summed E-state index contributed by atoms with van der Waals surface area (Å²) in [5.74, 6) is 0.338. The number of rotatable bonds is 5. The van der Waals surface area contributed by atoms with E-state index in [1.54, 1.807) is 12.1 Å². The van der Waals surface area contributed by atoms with Crippen LogP contribution in [0.3, 0.4) is 0 Å². The van der Waals surface area contributed by atoms with Gasteiger partial charge in [-0.1, -0.05) is 23.5 Å². The lowest BCUT2D eigenvalue weighted by Gasteiger charge is -2.12. The maximum Gasteiger partial charge on any atom is 0.418 e. The van der Waals surface area contributed by atoms with Crippen LogP contribution in [0, 0.1) is 0 Å². The topological polar surface area (TPSA) is 96.9 Å². The van der Waals surface area contributed by atoms with Gasteiger partial charge in [-0.2, -0.15) is 13.2 Å². The fourth-order valence-corrected chi connectivity index (χ4v) is 4.23. The second kappa shape index (κ2) is 7.78. The zero-order chi connectivity index (χ0) is 22.2. The van der Waals surface area contributed by atoms with E-state index in [4.69, 9.17) is 0 Å². The molecule has 4 aromatic rings. The van der Waals surface area contributed by atoms with Crippen molar-refractivity contribution in [3.63, 3.8) is 0 Å². The lowest BCUT2D eigenvalue weighted by Crippen LogP contribution is -2.08. The molecule has 7 nitrogen and oxygen atoms in total. The maximum absolute atomic E-state index is 13.2. The second-order valence-electron chi connectivity index (χ2n) is 6.48. The lowest BCUT2D eigenvalue weighted by atomic mass is 10.2. The zero-order valence-corrected chi connectivity index (χ0v) is 17.4. The van der Waals surface area contributed by atoms with E-state index in [1.165, 1.54) is 36.7 Å². The quantitative estimate of drug-likeness (QED) is 0.428. The number of anilines is 4. The van der Waals surface area contributed by atoms with Gasteiger partial charge >= 0.3 is 6.18 Å². The third-order valence-electron chi connectivity index (χ3n) is 4.21. The molecule has 2 heterocycles. The lowest BCUT2D eigenvalue weighted by molar-refractivity contribution is -0.136. The molecule has 12 heteroatoms. The fraction of sp³-hybridized carbons (Fsp3) is 0.105. The van der Waals surface area contributed by atoms with Gasteiger partial charge in [0.25, 0.3) is 0 Å². The van der Waals surface area contributed by atoms with Crippen molar-refractivity contribution < 1.29 is 21.6 Å². The summed E-state index contributed by atoms with van der Waals surface area (Å²) in [6.45, 7) is 0. The van der Waals surface area contributed by atoms with Gasteiger partial charge in [0.05, 0.1) is 16.1 Å². The highest BCUT2D eigenvalue weighted by Gasteiger charge is 2.33. The molecule has 31 heavy (non-hydrogen) atoms. The SMILES string of the molecule is CS(=O)(=O)c1ccc(Nc2ncnc3sc(Nc4ccccc4C(F)(F)F)nc23)cc1. The van der Waals surface area contributed by atoms with E-state index in [9.17, 15) is 21.6 Å². The Morgan fingerprint density at radius 3 is 2.35 bits per heavy atom. The Morgan fingerprint density at radius 1 is 0.968 bits per heavy atom. The first kappa shape index (κ1) is 21.0. The average Bonchev–Trinajstić information content (AvgIpc) is 3.11. The normalized spacial score (nSPS) is 12.1. The Bertz CT molecular complexity index is 1350. The van der Waals surface area contributed by atoms with Crippen molar-refractivity contribution in [1.29, 1.82) is 0 Å². The van der Waals surface area contributed by atoms with Gasteiger partial charge in [0, 0.05) is 11.9 Å². The Hall–Kier alpha value is -3.25. The van der Waals surface area contributed by atoms with Gasteiger partial charge in [-0.15, -0.1) is 0 Å². The first-order valence-corrected chi connectivity index (χ1v) is 11.4. The maximum atomic E-state index is 13.2. The van der Waals surface area contributed by atoms with Crippen molar-refractivity contribution in [2.24, 2.45) is 0 Å². The average molecular weight is 465 g/mol. The highest BCUT2D eigenvalue weighted by Crippen LogP contribution is 2.37. The van der Waals surface area contributed by atoms with Crippen molar-refractivity contribution in [3.8, 4) is 0 Å². The Kier molecular flexibility index (Phi) is 5.27. The first-order valence-electron chi connectivity index (χ1n) is 8.73. The molecule has 0 saturated heterocycles. The molecule has 160 valence electrons. The molecular formula is C19H14F3N5O2S2. The standard InChI is InChI=1S/C19H14F3N5O2S2/c1-31(28,29)12-8-6-11(7-9-12)25-16-15-17(24-10-23-16)30-18(27-15)26-14-5-3-2-4-13(14)19(20,21)22/h2-10H,1H3,(H,26,27)(H,23,24,25). The van der Waals surface area contributed by atoms with E-state index in [-0.39, 0.29) is 15.7 Å². The van der Waals surface area contributed by atoms with E-state index in [1.807, 2.05) is 0 Å². The van der Waals surface area contributed by atoms with Crippen LogP contribution in [0.1, 0.15) is 5.56 Å². The fourth-order valence-electron chi connectivity index (χ4n) is 2.78. The van der Waals surface area contributed by atoms with Crippen LogP contribution >= 0.6 is 11.3 Å². The number of halogens is 3. The van der Waals surface area contributed by atoms with Crippen LogP contribution < -0.4 is 10.6 Å². The zero-order valence-electron chi connectivity index (χ0n) is 15.8. The van der Waals surface area contributed by atoms with Crippen LogP contribution in [0.5, 0.6) is 0 Å². The molecule has 0 saturated carbocycles. The summed E-state index contributed by atoms with van der Waals surface area (Å²) in [5.41, 5.74) is 0.0153. The largest absolute Gasteiger partial charge is 0.418 e. The molecule has 0 aliphatic heterocycles. The third kappa shape index (κ3) is 4.59. The predicted molar refractivity (Wildman–Crippen MR) is 113 cm³/mol. The molecule has 0 amide bonds. The van der Waals surface area contributed by atoms with Gasteiger partial charge in [0.2, 0.25) is 0 Å². The van der Waals surface area contributed by atoms with Crippen molar-refractivity contribution in [2.45, 2.75) is 11.1 Å². The summed E-state index contributed by atoms with van der Waals surface area (Å²) in [6.07, 6.45) is -2.09. The first-order chi connectivity index (χ1) is 14.6. The number of hydrogen-bond donors (Lipinski definition) is 2. The molecule has 0 unspecified atom stereocenters. The number of alkyl halides is 3. The molecular weight excluding hydrogens is 451 g/mol. The minimum atomic E-state index is -4.51. The number of fused-ring (bicyclic) bond motifs is 1. The summed E-state index contributed by atoms with van der Waals surface area (Å²) in [6, 6.07) is 11.2. The smallest absolute Gasteiger partial charge is 0.338 e. The molecule has 0 bridgehead atoms. The molecule has 4 rings (SSSR count). The highest BCUT2D eigenvalue weighted by molar-refractivity contribution is 7.90. The Balaban J connectivity index is 1.64. The summed E-state index contributed by atoms with van der Waals surface area (Å²) in [5, 5.41) is 5.96. The highest BCUT2D eigenvalue weighted by atomic mass is 32.2. The molecule has 0 atom stereocenters. The molecule has 2 N–H and O–H groups in total. The molecule has 2 aromatic carbocycles. The molecule has 0 fully saturated rings. The van der Waals surface area contributed by atoms with Crippen molar-refractivity contribution in [2.75, 3.05) is 16.9 Å². The van der Waals surface area contributed by atoms with Gasteiger partial charge in [-0.05, 0) is 36.4 Å². The number of hydrogen-bond acceptors (Lipinski definition) is 8. The summed E-state index contributed by atoms with van der Waals surface area (Å²) < 4.78 is 62.9. The summed E-state index contributed by atoms with van der Waals surface area (Å²) in [7, 11) is -3.32. The monoisotopic (exact) mass is 465 g/mol. The minimum absolute atomic E-state index is 0.118. The van der Waals surface area contributed by atoms with E-state index < -0.39 is 21.6 Å². The van der Waals surface area contributed by atoms with Crippen LogP contribution in [0.15, 0.2) is 59.8 Å². The number of nitrogens with one attached hydrogen (secondary N) is 2. The van der Waals surface area contributed by atoms with Gasteiger partial charge in [0.1, 0.15) is 11.8 Å². The molecule has 2 aromatic heterocycles. The Morgan fingerprint density at radius 2 is 1.68 bits per heavy atom. The number of thiazole rings is 1. The van der Waals surface area contributed by atoms with E-state index in [0.717, 1.165) is 23.7 Å². The number of benzene rings is 2. The van der Waals surface area contributed by atoms with Crippen LogP contribution in [-0.2, 0) is 16.0 Å². The van der Waals surface area contributed by atoms with E-state index >= 15 is 0 Å². The minimum Gasteiger partial charge on any atom is -0.338 e. The summed E-state index contributed by atoms with van der Waals surface area (Å²) >= 11 is 1.08. The van der Waals surface area contributed by atoms with Crippen molar-refractivity contribution in [1.82, 2.24) is 15.0 Å². The number of sulfone groups is 1. The molecule has 0 aliphatic carbocycles. The third-order valence-corrected chi connectivity index (χ3v) is 6.22. The van der Waals surface area contributed by atoms with Gasteiger partial charge in [0.15, 0.2) is 25.6 Å². The number of aromatic nitrogens is 3. The summed E-state index contributed by atoms with van der Waals surface area (Å²) in [4.78, 5) is 13.3. The van der Waals surface area contributed by atoms with Crippen molar-refractivity contribution in [3.05, 3.63) is 60.4 Å². The number of nitrogens with zero attached hydrogens (tertiary/aromatic N) is 3. The number of para-hydroxylation sites is 1.